The molecule has 0 unspecified atom stereocenters. The third kappa shape index (κ3) is 2.10. The minimum atomic E-state index is -0.346. The molecule has 1 aromatic carbocycles. The van der Waals surface area contributed by atoms with E-state index in [0.717, 1.165) is 33.0 Å². The van der Waals surface area contributed by atoms with Crippen molar-refractivity contribution in [2.75, 3.05) is 19.0 Å². The number of fused-ring (bicyclic) bond motifs is 3. The molecule has 4 rings (SSSR count). The molecule has 21 heavy (non-hydrogen) atoms. The van der Waals surface area contributed by atoms with Crippen LogP contribution in [-0.4, -0.2) is 33.6 Å². The highest BCUT2D eigenvalue weighted by molar-refractivity contribution is 7.99. The van der Waals surface area contributed by atoms with Crippen LogP contribution in [0.5, 0.6) is 0 Å². The lowest BCUT2D eigenvalue weighted by Crippen LogP contribution is -2.03. The van der Waals surface area contributed by atoms with E-state index in [9.17, 15) is 0 Å². The van der Waals surface area contributed by atoms with Crippen molar-refractivity contribution < 1.29 is 9.47 Å². The standard InChI is InChI=1S/C15H15N3O2S/c1-2-21-15-17-16-13-11(14-19-7-8-20-14)9-10-5-3-4-6-12(10)18(13)15/h3-6,9,14H,2,7-8H2,1H3. The highest BCUT2D eigenvalue weighted by Crippen LogP contribution is 2.32. The molecule has 2 aromatic heterocycles. The zero-order chi connectivity index (χ0) is 14.2. The Kier molecular flexibility index (Phi) is 3.29. The molecule has 1 saturated heterocycles. The number of rotatable bonds is 3. The molecule has 3 aromatic rings. The zero-order valence-corrected chi connectivity index (χ0v) is 12.5. The summed E-state index contributed by atoms with van der Waals surface area (Å²) in [6, 6.07) is 10.3. The number of para-hydroxylation sites is 1. The fourth-order valence-electron chi connectivity index (χ4n) is 2.65. The summed E-state index contributed by atoms with van der Waals surface area (Å²) in [7, 11) is 0. The first-order valence-electron chi connectivity index (χ1n) is 7.01. The smallest absolute Gasteiger partial charge is 0.196 e. The number of hydrogen-bond acceptors (Lipinski definition) is 5. The number of pyridine rings is 1. The Morgan fingerprint density at radius 1 is 1.24 bits per heavy atom. The number of thioether (sulfide) groups is 1. The monoisotopic (exact) mass is 301 g/mol. The van der Waals surface area contributed by atoms with Crippen LogP contribution in [0.2, 0.25) is 0 Å². The minimum absolute atomic E-state index is 0.346. The van der Waals surface area contributed by atoms with E-state index in [-0.39, 0.29) is 6.29 Å². The Labute approximate surface area is 126 Å². The van der Waals surface area contributed by atoms with Gasteiger partial charge in [-0.25, -0.2) is 0 Å². The van der Waals surface area contributed by atoms with Gasteiger partial charge in [-0.3, -0.25) is 4.40 Å². The number of nitrogens with zero attached hydrogens (tertiary/aromatic N) is 3. The topological polar surface area (TPSA) is 48.7 Å². The van der Waals surface area contributed by atoms with E-state index < -0.39 is 0 Å². The van der Waals surface area contributed by atoms with E-state index >= 15 is 0 Å². The lowest BCUT2D eigenvalue weighted by molar-refractivity contribution is -0.0432. The maximum atomic E-state index is 5.66. The van der Waals surface area contributed by atoms with Crippen molar-refractivity contribution in [3.8, 4) is 0 Å². The third-order valence-electron chi connectivity index (χ3n) is 3.53. The Balaban J connectivity index is 2.04. The summed E-state index contributed by atoms with van der Waals surface area (Å²) in [6.07, 6.45) is -0.346. The lowest BCUT2D eigenvalue weighted by atomic mass is 10.1. The maximum Gasteiger partial charge on any atom is 0.196 e. The van der Waals surface area contributed by atoms with Crippen LogP contribution in [0, 0.1) is 0 Å². The molecule has 0 saturated carbocycles. The van der Waals surface area contributed by atoms with E-state index in [1.807, 2.05) is 12.1 Å². The molecule has 1 fully saturated rings. The lowest BCUT2D eigenvalue weighted by Gasteiger charge is -2.13. The molecule has 1 aliphatic rings. The second-order valence-electron chi connectivity index (χ2n) is 4.81. The van der Waals surface area contributed by atoms with Crippen molar-refractivity contribution in [3.05, 3.63) is 35.9 Å². The summed E-state index contributed by atoms with van der Waals surface area (Å²) in [6.45, 7) is 3.35. The normalized spacial score (nSPS) is 16.2. The quantitative estimate of drug-likeness (QED) is 0.696. The van der Waals surface area contributed by atoms with Crippen LogP contribution in [0.25, 0.3) is 16.6 Å². The third-order valence-corrected chi connectivity index (χ3v) is 4.34. The van der Waals surface area contributed by atoms with Crippen LogP contribution < -0.4 is 0 Å². The minimum Gasteiger partial charge on any atom is -0.346 e. The van der Waals surface area contributed by atoms with Crippen molar-refractivity contribution in [3.63, 3.8) is 0 Å². The summed E-state index contributed by atoms with van der Waals surface area (Å²) in [4.78, 5) is 0. The van der Waals surface area contributed by atoms with Gasteiger partial charge >= 0.3 is 0 Å². The van der Waals surface area contributed by atoms with Gasteiger partial charge in [0, 0.05) is 0 Å². The van der Waals surface area contributed by atoms with Gasteiger partial charge in [-0.15, -0.1) is 10.2 Å². The summed E-state index contributed by atoms with van der Waals surface area (Å²) < 4.78 is 13.4. The van der Waals surface area contributed by atoms with Crippen LogP contribution in [0.15, 0.2) is 35.5 Å². The van der Waals surface area contributed by atoms with Crippen LogP contribution in [0.4, 0.5) is 0 Å². The summed E-state index contributed by atoms with van der Waals surface area (Å²) in [5.74, 6) is 0.954. The van der Waals surface area contributed by atoms with Crippen molar-refractivity contribution in [1.82, 2.24) is 14.6 Å². The number of aromatic nitrogens is 3. The summed E-state index contributed by atoms with van der Waals surface area (Å²) in [5, 5.41) is 10.7. The highest BCUT2D eigenvalue weighted by atomic mass is 32.2. The van der Waals surface area contributed by atoms with Crippen molar-refractivity contribution in [1.29, 1.82) is 0 Å². The molecule has 1 aliphatic heterocycles. The van der Waals surface area contributed by atoms with E-state index in [4.69, 9.17) is 9.47 Å². The second-order valence-corrected chi connectivity index (χ2v) is 6.04. The fourth-order valence-corrected chi connectivity index (χ4v) is 3.32. The molecular formula is C15H15N3O2S. The maximum absolute atomic E-state index is 5.66. The molecule has 0 bridgehead atoms. The Morgan fingerprint density at radius 3 is 2.86 bits per heavy atom. The first-order chi connectivity index (χ1) is 10.4. The van der Waals surface area contributed by atoms with Gasteiger partial charge < -0.3 is 9.47 Å². The van der Waals surface area contributed by atoms with Crippen LogP contribution in [-0.2, 0) is 9.47 Å². The van der Waals surface area contributed by atoms with E-state index in [1.165, 1.54) is 0 Å². The first-order valence-corrected chi connectivity index (χ1v) is 8.00. The summed E-state index contributed by atoms with van der Waals surface area (Å²) in [5.41, 5.74) is 2.87. The van der Waals surface area contributed by atoms with Gasteiger partial charge in [0.1, 0.15) is 0 Å². The number of ether oxygens (including phenoxy) is 2. The molecular weight excluding hydrogens is 286 g/mol. The molecule has 0 aliphatic carbocycles. The van der Waals surface area contributed by atoms with Crippen molar-refractivity contribution in [2.24, 2.45) is 0 Å². The zero-order valence-electron chi connectivity index (χ0n) is 11.7. The van der Waals surface area contributed by atoms with Crippen molar-refractivity contribution >= 4 is 28.3 Å². The number of benzene rings is 1. The molecule has 3 heterocycles. The molecule has 0 amide bonds. The van der Waals surface area contributed by atoms with Crippen LogP contribution >= 0.6 is 11.8 Å². The first kappa shape index (κ1) is 13.1. The molecule has 0 radical (unpaired) electrons. The van der Waals surface area contributed by atoms with E-state index in [1.54, 1.807) is 11.8 Å². The fraction of sp³-hybridized carbons (Fsp3) is 0.333. The number of hydrogen-bond donors (Lipinski definition) is 0. The van der Waals surface area contributed by atoms with Gasteiger partial charge in [0.25, 0.3) is 0 Å². The Morgan fingerprint density at radius 2 is 2.05 bits per heavy atom. The molecule has 5 nitrogen and oxygen atoms in total. The van der Waals surface area contributed by atoms with Gasteiger partial charge in [0.2, 0.25) is 0 Å². The average Bonchev–Trinajstić information content (AvgIpc) is 3.17. The van der Waals surface area contributed by atoms with Gasteiger partial charge in [-0.2, -0.15) is 0 Å². The van der Waals surface area contributed by atoms with Crippen LogP contribution in [0.1, 0.15) is 18.8 Å². The Hall–Kier alpha value is -1.63. The van der Waals surface area contributed by atoms with Gasteiger partial charge in [0.05, 0.1) is 24.3 Å². The predicted octanol–water partition coefficient (Wildman–Crippen LogP) is 3.04. The molecule has 0 atom stereocenters. The van der Waals surface area contributed by atoms with Crippen LogP contribution in [0.3, 0.4) is 0 Å². The van der Waals surface area contributed by atoms with Gasteiger partial charge in [0.15, 0.2) is 17.1 Å². The van der Waals surface area contributed by atoms with Gasteiger partial charge in [-0.1, -0.05) is 36.9 Å². The largest absolute Gasteiger partial charge is 0.346 e. The molecule has 108 valence electrons. The van der Waals surface area contributed by atoms with E-state index in [2.05, 4.69) is 39.7 Å². The summed E-state index contributed by atoms with van der Waals surface area (Å²) >= 11 is 1.69. The predicted molar refractivity (Wildman–Crippen MR) is 81.5 cm³/mol. The highest BCUT2D eigenvalue weighted by Gasteiger charge is 2.24. The van der Waals surface area contributed by atoms with E-state index in [0.29, 0.717) is 13.2 Å². The molecule has 6 heteroatoms. The molecule has 0 spiro atoms. The Bertz CT molecular complexity index is 796. The SMILES string of the molecule is CCSc1nnc2c(C3OCCO3)cc3ccccc3n12. The molecule has 0 N–H and O–H groups in total. The van der Waals surface area contributed by atoms with Gasteiger partial charge in [-0.05, 0) is 23.3 Å². The van der Waals surface area contributed by atoms with Crippen molar-refractivity contribution in [2.45, 2.75) is 18.4 Å². The second kappa shape index (κ2) is 5.29. The average molecular weight is 301 g/mol.